The molecule has 0 aromatic carbocycles. The van der Waals surface area contributed by atoms with E-state index in [1.807, 2.05) is 0 Å². The van der Waals surface area contributed by atoms with Crippen molar-refractivity contribution in [1.29, 1.82) is 0 Å². The summed E-state index contributed by atoms with van der Waals surface area (Å²) in [7, 11) is -0.701. The molecular formula is C2H8O5P4. The minimum absolute atomic E-state index is 0.566. The Labute approximate surface area is 71.3 Å². The quantitative estimate of drug-likeness (QED) is 0.758. The predicted molar refractivity (Wildman–Crippen MR) is 48.2 cm³/mol. The second-order valence-electron chi connectivity index (χ2n) is 1.48. The minimum Gasteiger partial charge on any atom is -0.352 e. The Bertz CT molecular complexity index is 111. The molecule has 0 spiro atoms. The standard InChI is InChI=1S/C2H8O5P4/c3-9-6-11-4-1-2-10(5-8)7-11/h3,9H,1-2,8H2. The fourth-order valence-corrected chi connectivity index (χ4v) is 4.04. The molecule has 4 unspecified atom stereocenters. The molecule has 1 aliphatic heterocycles. The predicted octanol–water partition coefficient (Wildman–Crippen LogP) is 1.90. The monoisotopic (exact) mass is 236 g/mol. The third kappa shape index (κ3) is 3.83. The molecule has 9 heteroatoms. The number of hydrogen-bond acceptors (Lipinski definition) is 5. The highest BCUT2D eigenvalue weighted by atomic mass is 31.3. The van der Waals surface area contributed by atoms with E-state index in [9.17, 15) is 0 Å². The van der Waals surface area contributed by atoms with E-state index in [1.54, 1.807) is 0 Å². The first-order valence-corrected chi connectivity index (χ1v) is 6.47. The van der Waals surface area contributed by atoms with Crippen molar-refractivity contribution in [2.75, 3.05) is 12.8 Å². The molecule has 11 heavy (non-hydrogen) atoms. The van der Waals surface area contributed by atoms with Gasteiger partial charge < -0.3 is 13.7 Å². The molecule has 1 rings (SSSR count). The molecular weight excluding hydrogens is 228 g/mol. The van der Waals surface area contributed by atoms with Gasteiger partial charge in [-0.25, -0.2) is 0 Å². The molecule has 0 saturated carbocycles. The maximum absolute atomic E-state index is 8.40. The average molecular weight is 236 g/mol. The van der Waals surface area contributed by atoms with Crippen LogP contribution in [0.4, 0.5) is 0 Å². The Morgan fingerprint density at radius 1 is 1.64 bits per heavy atom. The van der Waals surface area contributed by atoms with Gasteiger partial charge in [0.25, 0.3) is 0 Å². The van der Waals surface area contributed by atoms with Crippen LogP contribution >= 0.6 is 35.5 Å². The van der Waals surface area contributed by atoms with Gasteiger partial charge in [-0.3, -0.25) is 8.62 Å². The van der Waals surface area contributed by atoms with Gasteiger partial charge in [-0.05, 0) is 0 Å². The summed E-state index contributed by atoms with van der Waals surface area (Å²) in [6.45, 7) is 0.566. The zero-order valence-electron chi connectivity index (χ0n) is 5.47. The van der Waals surface area contributed by atoms with E-state index in [-0.39, 0.29) is 0 Å². The normalized spacial score (nSPS) is 33.3. The van der Waals surface area contributed by atoms with E-state index in [0.717, 1.165) is 6.16 Å². The topological polar surface area (TPSA) is 57.2 Å². The van der Waals surface area contributed by atoms with Crippen molar-refractivity contribution in [2.24, 2.45) is 0 Å². The average Bonchev–Trinajstić information content (AvgIpc) is 2.06. The van der Waals surface area contributed by atoms with E-state index in [2.05, 4.69) is 9.47 Å². The molecule has 0 bridgehead atoms. The molecule has 0 aliphatic carbocycles. The molecule has 4 atom stereocenters. The van der Waals surface area contributed by atoms with Gasteiger partial charge in [-0.1, -0.05) is 0 Å². The van der Waals surface area contributed by atoms with Crippen molar-refractivity contribution >= 4 is 35.5 Å². The summed E-state index contributed by atoms with van der Waals surface area (Å²) >= 11 is 0. The van der Waals surface area contributed by atoms with Crippen LogP contribution in [0.1, 0.15) is 0 Å². The molecule has 1 saturated heterocycles. The molecule has 1 aliphatic rings. The molecule has 0 aromatic heterocycles. The summed E-state index contributed by atoms with van der Waals surface area (Å²) in [5, 5.41) is 0. The highest BCUT2D eigenvalue weighted by molar-refractivity contribution is 7.63. The highest BCUT2D eigenvalue weighted by Gasteiger charge is 2.25. The summed E-state index contributed by atoms with van der Waals surface area (Å²) < 4.78 is 19.9. The fraction of sp³-hybridized carbons (Fsp3) is 1.00. The van der Waals surface area contributed by atoms with Gasteiger partial charge in [0, 0.05) is 15.6 Å². The van der Waals surface area contributed by atoms with Crippen LogP contribution < -0.4 is 0 Å². The lowest BCUT2D eigenvalue weighted by Crippen LogP contribution is -2.03. The SMILES string of the molecule is OPOP1OCCP(OP)O1. The van der Waals surface area contributed by atoms with Crippen molar-refractivity contribution in [1.82, 2.24) is 0 Å². The first kappa shape index (κ1) is 10.6. The highest BCUT2D eigenvalue weighted by Crippen LogP contribution is 2.61. The van der Waals surface area contributed by atoms with Gasteiger partial charge in [0.15, 0.2) is 17.4 Å². The van der Waals surface area contributed by atoms with Crippen molar-refractivity contribution < 1.29 is 22.3 Å². The minimum atomic E-state index is -1.36. The van der Waals surface area contributed by atoms with E-state index < -0.39 is 26.0 Å². The third-order valence-electron chi connectivity index (χ3n) is 0.861. The lowest BCUT2D eigenvalue weighted by Gasteiger charge is -2.24. The first-order chi connectivity index (χ1) is 5.36. The van der Waals surface area contributed by atoms with Gasteiger partial charge in [0.05, 0.1) is 6.61 Å². The lowest BCUT2D eigenvalue weighted by atomic mass is 10.9. The van der Waals surface area contributed by atoms with Gasteiger partial charge in [0.2, 0.25) is 0 Å². The molecule has 1 N–H and O–H groups in total. The Morgan fingerprint density at radius 2 is 2.45 bits per heavy atom. The van der Waals surface area contributed by atoms with Crippen LogP contribution in [0.2, 0.25) is 0 Å². The van der Waals surface area contributed by atoms with Crippen LogP contribution in [0.3, 0.4) is 0 Å². The largest absolute Gasteiger partial charge is 0.352 e. The molecule has 0 radical (unpaired) electrons. The molecule has 1 heterocycles. The zero-order chi connectivity index (χ0) is 8.10. The van der Waals surface area contributed by atoms with E-state index >= 15 is 0 Å². The number of rotatable bonds is 3. The fourth-order valence-electron chi connectivity index (χ4n) is 0.477. The molecule has 0 amide bonds. The Balaban J connectivity index is 2.21. The van der Waals surface area contributed by atoms with Crippen LogP contribution in [0.15, 0.2) is 0 Å². The van der Waals surface area contributed by atoms with Gasteiger partial charge >= 0.3 is 8.60 Å². The summed E-state index contributed by atoms with van der Waals surface area (Å²) in [6, 6.07) is 0. The second-order valence-corrected chi connectivity index (χ2v) is 5.71. The van der Waals surface area contributed by atoms with Crippen LogP contribution in [0.5, 0.6) is 0 Å². The van der Waals surface area contributed by atoms with Crippen molar-refractivity contribution in [3.8, 4) is 0 Å². The Kier molecular flexibility index (Phi) is 5.83. The Morgan fingerprint density at radius 3 is 3.09 bits per heavy atom. The summed E-state index contributed by atoms with van der Waals surface area (Å²) in [4.78, 5) is 8.40. The van der Waals surface area contributed by atoms with Gasteiger partial charge in [-0.2, -0.15) is 0 Å². The van der Waals surface area contributed by atoms with Gasteiger partial charge in [0.1, 0.15) is 0 Å². The van der Waals surface area contributed by atoms with Gasteiger partial charge in [-0.15, -0.1) is 0 Å². The first-order valence-electron chi connectivity index (χ1n) is 2.68. The van der Waals surface area contributed by atoms with E-state index in [0.29, 0.717) is 6.61 Å². The zero-order valence-corrected chi connectivity index (χ0v) is 9.41. The molecule has 5 nitrogen and oxygen atoms in total. The molecule has 1 fully saturated rings. The molecule has 66 valence electrons. The summed E-state index contributed by atoms with van der Waals surface area (Å²) in [6.07, 6.45) is 0.746. The van der Waals surface area contributed by atoms with E-state index in [4.69, 9.17) is 22.3 Å². The van der Waals surface area contributed by atoms with E-state index in [1.165, 1.54) is 0 Å². The number of hydrogen-bond donors (Lipinski definition) is 1. The maximum Gasteiger partial charge on any atom is 0.343 e. The lowest BCUT2D eigenvalue weighted by molar-refractivity contribution is 0.263. The van der Waals surface area contributed by atoms with Crippen LogP contribution in [-0.2, 0) is 17.5 Å². The van der Waals surface area contributed by atoms with Crippen molar-refractivity contribution in [2.45, 2.75) is 0 Å². The Hall–Kier alpha value is 1.52. The van der Waals surface area contributed by atoms with Crippen molar-refractivity contribution in [3.63, 3.8) is 0 Å². The van der Waals surface area contributed by atoms with Crippen LogP contribution in [0, 0.1) is 0 Å². The summed E-state index contributed by atoms with van der Waals surface area (Å²) in [5.41, 5.74) is 0. The third-order valence-corrected chi connectivity index (χ3v) is 4.93. The van der Waals surface area contributed by atoms with Crippen LogP contribution in [0.25, 0.3) is 0 Å². The molecule has 0 aromatic rings. The smallest absolute Gasteiger partial charge is 0.343 e. The second kappa shape index (κ2) is 6.05. The van der Waals surface area contributed by atoms with Crippen LogP contribution in [-0.4, -0.2) is 17.7 Å². The summed E-state index contributed by atoms with van der Waals surface area (Å²) in [5.74, 6) is 0. The maximum atomic E-state index is 8.40. The van der Waals surface area contributed by atoms with Crippen molar-refractivity contribution in [3.05, 3.63) is 0 Å².